The number of guanidine groups is 2. The van der Waals surface area contributed by atoms with Gasteiger partial charge in [-0.1, -0.05) is 42.5 Å². The van der Waals surface area contributed by atoms with Crippen LogP contribution in [0.2, 0.25) is 0 Å². The molecule has 0 atom stereocenters. The number of rotatable bonds is 2. The Bertz CT molecular complexity index is 663. The third-order valence-corrected chi connectivity index (χ3v) is 3.35. The molecular weight excluding hydrogens is 298 g/mol. The van der Waals surface area contributed by atoms with Gasteiger partial charge in [0.1, 0.15) is 0 Å². The molecular formula is C16H22ClN5. The van der Waals surface area contributed by atoms with Gasteiger partial charge in [0, 0.05) is 27.7 Å². The Kier molecular flexibility index (Phi) is 6.19. The normalized spacial score (nSPS) is 9.77. The van der Waals surface area contributed by atoms with Gasteiger partial charge in [0.25, 0.3) is 0 Å². The Balaban J connectivity index is 0.00000242. The highest BCUT2D eigenvalue weighted by atomic mass is 35.5. The largest absolute Gasteiger partial charge is 0.349 e. The van der Waals surface area contributed by atoms with Crippen LogP contribution in [0.15, 0.2) is 42.5 Å². The second-order valence-electron chi connectivity index (χ2n) is 5.21. The maximum Gasteiger partial charge on any atom is 0.197 e. The Hall–Kier alpha value is -2.27. The quantitative estimate of drug-likeness (QED) is 0.589. The van der Waals surface area contributed by atoms with Gasteiger partial charge in [-0.05, 0) is 16.3 Å². The van der Waals surface area contributed by atoms with Gasteiger partial charge in [-0.3, -0.25) is 16.1 Å². The predicted octanol–water partition coefficient (Wildman–Crippen LogP) is 2.71. The first-order chi connectivity index (χ1) is 9.99. The molecule has 0 saturated heterocycles. The van der Waals surface area contributed by atoms with Crippen LogP contribution >= 0.6 is 12.4 Å². The molecule has 0 bridgehead atoms. The minimum atomic E-state index is 0. The maximum atomic E-state index is 8.02. The minimum Gasteiger partial charge on any atom is -0.349 e. The lowest BCUT2D eigenvalue weighted by atomic mass is 10.0. The zero-order valence-corrected chi connectivity index (χ0v) is 13.9. The lowest BCUT2D eigenvalue weighted by Gasteiger charge is -2.23. The molecule has 0 aromatic heterocycles. The molecule has 0 aliphatic rings. The average Bonchev–Trinajstić information content (AvgIpc) is 2.47. The summed E-state index contributed by atoms with van der Waals surface area (Å²) >= 11 is 0. The van der Waals surface area contributed by atoms with Crippen LogP contribution in [0.3, 0.4) is 0 Å². The molecule has 2 rings (SSSR count). The maximum absolute atomic E-state index is 8.02. The number of fused-ring (bicyclic) bond motifs is 1. The van der Waals surface area contributed by atoms with E-state index >= 15 is 0 Å². The van der Waals surface area contributed by atoms with Gasteiger partial charge >= 0.3 is 0 Å². The topological polar surface area (TPSA) is 66.2 Å². The third-order valence-electron chi connectivity index (χ3n) is 3.35. The van der Waals surface area contributed by atoms with E-state index in [2.05, 4.69) is 29.6 Å². The van der Waals surface area contributed by atoms with Crippen LogP contribution < -0.4 is 5.32 Å². The molecule has 0 amide bonds. The first-order valence-corrected chi connectivity index (χ1v) is 6.78. The molecule has 22 heavy (non-hydrogen) atoms. The Morgan fingerprint density at radius 2 is 1.59 bits per heavy atom. The smallest absolute Gasteiger partial charge is 0.197 e. The molecule has 0 saturated carbocycles. The molecule has 0 heterocycles. The number of hydrogen-bond donors (Lipinski definition) is 3. The standard InChI is InChI=1S/C16H21N5.ClH/c1-20(2)15(17)19-16(18)21(3)11-13-9-6-8-12-7-4-5-10-14(12)13;/h4-10H,11H2,1-3H3,(H3,17,18,19);1H. The van der Waals surface area contributed by atoms with Gasteiger partial charge in [-0.2, -0.15) is 0 Å². The highest BCUT2D eigenvalue weighted by Gasteiger charge is 2.10. The Labute approximate surface area is 137 Å². The molecule has 5 nitrogen and oxygen atoms in total. The molecule has 3 N–H and O–H groups in total. The van der Waals surface area contributed by atoms with E-state index < -0.39 is 0 Å². The Morgan fingerprint density at radius 3 is 2.27 bits per heavy atom. The van der Waals surface area contributed by atoms with Crippen molar-refractivity contribution in [3.63, 3.8) is 0 Å². The van der Waals surface area contributed by atoms with Crippen molar-refractivity contribution < 1.29 is 0 Å². The van der Waals surface area contributed by atoms with Crippen molar-refractivity contribution in [1.82, 2.24) is 15.1 Å². The lowest BCUT2D eigenvalue weighted by Crippen LogP contribution is -2.45. The molecule has 118 valence electrons. The summed E-state index contributed by atoms with van der Waals surface area (Å²) in [6, 6.07) is 14.4. The molecule has 0 radical (unpaired) electrons. The summed E-state index contributed by atoms with van der Waals surface area (Å²) in [5.74, 6) is 0.409. The summed E-state index contributed by atoms with van der Waals surface area (Å²) in [5.41, 5.74) is 1.17. The van der Waals surface area contributed by atoms with Gasteiger partial charge in [0.15, 0.2) is 11.9 Å². The van der Waals surface area contributed by atoms with E-state index in [1.165, 1.54) is 16.3 Å². The van der Waals surface area contributed by atoms with Crippen molar-refractivity contribution in [2.45, 2.75) is 6.54 Å². The molecule has 6 heteroatoms. The summed E-state index contributed by atoms with van der Waals surface area (Å²) in [7, 11) is 5.39. The average molecular weight is 320 g/mol. The van der Waals surface area contributed by atoms with Crippen LogP contribution in [-0.4, -0.2) is 42.9 Å². The van der Waals surface area contributed by atoms with Crippen molar-refractivity contribution in [1.29, 1.82) is 10.8 Å². The molecule has 0 aliphatic carbocycles. The van der Waals surface area contributed by atoms with Gasteiger partial charge in [-0.25, -0.2) is 0 Å². The second kappa shape index (κ2) is 7.66. The molecule has 0 fully saturated rings. The first-order valence-electron chi connectivity index (χ1n) is 6.78. The van der Waals surface area contributed by atoms with Crippen molar-refractivity contribution in [3.05, 3.63) is 48.0 Å². The van der Waals surface area contributed by atoms with Gasteiger partial charge in [-0.15, -0.1) is 12.4 Å². The van der Waals surface area contributed by atoms with Crippen molar-refractivity contribution in [2.24, 2.45) is 0 Å². The molecule has 0 spiro atoms. The highest BCUT2D eigenvalue weighted by molar-refractivity contribution is 5.95. The van der Waals surface area contributed by atoms with Crippen LogP contribution in [0.4, 0.5) is 0 Å². The fourth-order valence-corrected chi connectivity index (χ4v) is 2.08. The van der Waals surface area contributed by atoms with E-state index in [1.54, 1.807) is 23.9 Å². The SMILES string of the molecule is CN(C)C(=N)NC(=N)N(C)Cc1cccc2ccccc12.Cl. The van der Waals surface area contributed by atoms with Crippen molar-refractivity contribution >= 4 is 35.1 Å². The van der Waals surface area contributed by atoms with E-state index in [1.807, 2.05) is 25.2 Å². The van der Waals surface area contributed by atoms with Crippen LogP contribution in [0.1, 0.15) is 5.56 Å². The van der Waals surface area contributed by atoms with Crippen LogP contribution in [0, 0.1) is 10.8 Å². The summed E-state index contributed by atoms with van der Waals surface area (Å²) in [4.78, 5) is 3.42. The zero-order valence-electron chi connectivity index (χ0n) is 13.1. The summed E-state index contributed by atoms with van der Waals surface area (Å²) in [6.07, 6.45) is 0. The number of nitrogens with one attached hydrogen (secondary N) is 3. The van der Waals surface area contributed by atoms with E-state index in [-0.39, 0.29) is 24.3 Å². The van der Waals surface area contributed by atoms with Gasteiger partial charge in [0.2, 0.25) is 0 Å². The molecule has 0 aliphatic heterocycles. The first kappa shape index (κ1) is 17.8. The fourth-order valence-electron chi connectivity index (χ4n) is 2.08. The number of benzene rings is 2. The summed E-state index contributed by atoms with van der Waals surface area (Å²) in [5, 5.41) is 20.9. The van der Waals surface area contributed by atoms with Crippen molar-refractivity contribution in [3.8, 4) is 0 Å². The van der Waals surface area contributed by atoms with Crippen LogP contribution in [0.25, 0.3) is 10.8 Å². The number of nitrogens with zero attached hydrogens (tertiary/aromatic N) is 2. The van der Waals surface area contributed by atoms with E-state index in [0.29, 0.717) is 6.54 Å². The molecule has 2 aromatic rings. The van der Waals surface area contributed by atoms with Crippen molar-refractivity contribution in [2.75, 3.05) is 21.1 Å². The van der Waals surface area contributed by atoms with E-state index in [0.717, 1.165) is 0 Å². The second-order valence-corrected chi connectivity index (χ2v) is 5.21. The Morgan fingerprint density at radius 1 is 0.955 bits per heavy atom. The third kappa shape index (κ3) is 4.11. The minimum absolute atomic E-state index is 0. The van der Waals surface area contributed by atoms with E-state index in [9.17, 15) is 0 Å². The summed E-state index contributed by atoms with van der Waals surface area (Å²) < 4.78 is 0. The highest BCUT2D eigenvalue weighted by Crippen LogP contribution is 2.19. The molecule has 2 aromatic carbocycles. The zero-order chi connectivity index (χ0) is 15.4. The summed E-state index contributed by atoms with van der Waals surface area (Å²) in [6.45, 7) is 0.619. The predicted molar refractivity (Wildman–Crippen MR) is 94.9 cm³/mol. The molecule has 0 unspecified atom stereocenters. The fraction of sp³-hybridized carbons (Fsp3) is 0.250. The lowest BCUT2D eigenvalue weighted by molar-refractivity contribution is 0.480. The van der Waals surface area contributed by atoms with Gasteiger partial charge in [0.05, 0.1) is 0 Å². The monoisotopic (exact) mass is 319 g/mol. The van der Waals surface area contributed by atoms with Gasteiger partial charge < -0.3 is 9.80 Å². The van der Waals surface area contributed by atoms with Crippen LogP contribution in [0.5, 0.6) is 0 Å². The number of halogens is 1. The number of hydrogen-bond acceptors (Lipinski definition) is 2. The van der Waals surface area contributed by atoms with E-state index in [4.69, 9.17) is 10.8 Å². The van der Waals surface area contributed by atoms with Crippen LogP contribution in [-0.2, 0) is 6.54 Å².